The Morgan fingerprint density at radius 1 is 1.41 bits per heavy atom. The van der Waals surface area contributed by atoms with Crippen LogP contribution in [0.3, 0.4) is 0 Å². The van der Waals surface area contributed by atoms with Gasteiger partial charge in [0, 0.05) is 0 Å². The number of nitrogens with one attached hydrogen (secondary N) is 1. The topological polar surface area (TPSA) is 129 Å². The predicted octanol–water partition coefficient (Wildman–Crippen LogP) is -0.138. The minimum atomic E-state index is -3.08. The molecule has 0 spiro atoms. The van der Waals surface area contributed by atoms with Crippen LogP contribution in [0.25, 0.3) is 11.0 Å². The van der Waals surface area contributed by atoms with E-state index in [2.05, 4.69) is 15.4 Å². The molecule has 3 aromatic rings. The average molecular weight is 391 g/mol. The summed E-state index contributed by atoms with van der Waals surface area (Å²) in [6.07, 6.45) is 4.60. The van der Waals surface area contributed by atoms with Gasteiger partial charge in [0.15, 0.2) is 15.5 Å². The lowest BCUT2D eigenvalue weighted by molar-refractivity contribution is -0.122. The lowest BCUT2D eigenvalue weighted by Gasteiger charge is -2.10. The molecule has 0 radical (unpaired) electrons. The van der Waals surface area contributed by atoms with Crippen LogP contribution in [-0.2, 0) is 27.7 Å². The van der Waals surface area contributed by atoms with Gasteiger partial charge in [-0.3, -0.25) is 14.2 Å². The normalized spacial score (nSPS) is 18.7. The standard InChI is InChI=1S/C16H17N5O5S/c22-14(17-6-12-2-1-4-26-12)8-20-10-18-15-13(16(20)23)7-19-21(15)11-3-5-27(24,25)9-11/h1-2,4,7,10-11H,3,5-6,8-9H2,(H,17,22)/t11-/m0/s1. The van der Waals surface area contributed by atoms with Gasteiger partial charge in [-0.15, -0.1) is 0 Å². The number of carbonyl (C=O) groups is 1. The first kappa shape index (κ1) is 17.5. The molecular weight excluding hydrogens is 374 g/mol. The molecule has 1 aliphatic heterocycles. The van der Waals surface area contributed by atoms with E-state index in [1.165, 1.54) is 28.0 Å². The summed E-state index contributed by atoms with van der Waals surface area (Å²) in [5.41, 5.74) is -0.0744. The summed E-state index contributed by atoms with van der Waals surface area (Å²) in [6.45, 7) is 0.0375. The molecule has 0 saturated carbocycles. The highest BCUT2D eigenvalue weighted by Gasteiger charge is 2.31. The van der Waals surface area contributed by atoms with Crippen molar-refractivity contribution >= 4 is 26.8 Å². The van der Waals surface area contributed by atoms with E-state index in [1.807, 2.05) is 0 Å². The van der Waals surface area contributed by atoms with Gasteiger partial charge in [-0.2, -0.15) is 5.10 Å². The minimum Gasteiger partial charge on any atom is -0.467 e. The Balaban J connectivity index is 1.53. The summed E-state index contributed by atoms with van der Waals surface area (Å²) >= 11 is 0. The molecule has 1 atom stereocenters. The van der Waals surface area contributed by atoms with E-state index in [-0.39, 0.29) is 41.9 Å². The van der Waals surface area contributed by atoms with E-state index in [0.29, 0.717) is 17.8 Å². The predicted molar refractivity (Wildman–Crippen MR) is 94.7 cm³/mol. The van der Waals surface area contributed by atoms with Gasteiger partial charge in [0.1, 0.15) is 24.0 Å². The quantitative estimate of drug-likeness (QED) is 0.641. The van der Waals surface area contributed by atoms with Gasteiger partial charge in [0.25, 0.3) is 5.56 Å². The number of sulfone groups is 1. The number of hydrogen-bond acceptors (Lipinski definition) is 7. The van der Waals surface area contributed by atoms with Crippen LogP contribution >= 0.6 is 0 Å². The van der Waals surface area contributed by atoms with E-state index in [1.54, 1.807) is 12.1 Å². The van der Waals surface area contributed by atoms with E-state index in [0.717, 1.165) is 0 Å². The van der Waals surface area contributed by atoms with Gasteiger partial charge in [-0.25, -0.2) is 18.1 Å². The smallest absolute Gasteiger partial charge is 0.264 e. The van der Waals surface area contributed by atoms with Crippen molar-refractivity contribution in [3.05, 3.63) is 47.0 Å². The van der Waals surface area contributed by atoms with Crippen LogP contribution in [0.15, 0.2) is 40.1 Å². The number of fused-ring (bicyclic) bond motifs is 1. The molecule has 1 aliphatic rings. The Morgan fingerprint density at radius 3 is 2.96 bits per heavy atom. The second kappa shape index (κ2) is 6.65. The molecule has 1 amide bonds. The summed E-state index contributed by atoms with van der Waals surface area (Å²) in [6, 6.07) is 3.13. The third-order valence-electron chi connectivity index (χ3n) is 4.49. The Bertz CT molecular complexity index is 1150. The van der Waals surface area contributed by atoms with Gasteiger partial charge in [0.05, 0.1) is 36.6 Å². The Hall–Kier alpha value is -2.95. The summed E-state index contributed by atoms with van der Waals surface area (Å²) in [7, 11) is -3.08. The highest BCUT2D eigenvalue weighted by atomic mass is 32.2. The number of carbonyl (C=O) groups excluding carboxylic acids is 1. The molecular formula is C16H17N5O5S. The number of aromatic nitrogens is 4. The van der Waals surface area contributed by atoms with Crippen LogP contribution in [-0.4, -0.2) is 45.2 Å². The largest absolute Gasteiger partial charge is 0.467 e. The molecule has 142 valence electrons. The van der Waals surface area contributed by atoms with Crippen molar-refractivity contribution < 1.29 is 17.6 Å². The number of hydrogen-bond donors (Lipinski definition) is 1. The van der Waals surface area contributed by atoms with Crippen LogP contribution in [0.5, 0.6) is 0 Å². The first-order valence-electron chi connectivity index (χ1n) is 8.35. The van der Waals surface area contributed by atoms with Crippen molar-refractivity contribution in [3.8, 4) is 0 Å². The van der Waals surface area contributed by atoms with Crippen LogP contribution in [0.4, 0.5) is 0 Å². The zero-order chi connectivity index (χ0) is 19.0. The summed E-state index contributed by atoms with van der Waals surface area (Å²) < 4.78 is 31.2. The van der Waals surface area contributed by atoms with Crippen molar-refractivity contribution in [3.63, 3.8) is 0 Å². The first-order valence-corrected chi connectivity index (χ1v) is 10.2. The molecule has 4 heterocycles. The highest BCUT2D eigenvalue weighted by molar-refractivity contribution is 7.91. The molecule has 4 rings (SSSR count). The van der Waals surface area contributed by atoms with Crippen molar-refractivity contribution in [2.75, 3.05) is 11.5 Å². The fraction of sp³-hybridized carbons (Fsp3) is 0.375. The number of rotatable bonds is 5. The Morgan fingerprint density at radius 2 is 2.26 bits per heavy atom. The third kappa shape index (κ3) is 3.50. The molecule has 27 heavy (non-hydrogen) atoms. The number of furan rings is 1. The monoisotopic (exact) mass is 391 g/mol. The maximum absolute atomic E-state index is 12.6. The highest BCUT2D eigenvalue weighted by Crippen LogP contribution is 2.25. The van der Waals surface area contributed by atoms with Crippen LogP contribution in [0.2, 0.25) is 0 Å². The maximum atomic E-state index is 12.6. The van der Waals surface area contributed by atoms with Crippen LogP contribution in [0, 0.1) is 0 Å². The lowest BCUT2D eigenvalue weighted by Crippen LogP contribution is -2.32. The van der Waals surface area contributed by atoms with E-state index < -0.39 is 15.4 Å². The molecule has 11 heteroatoms. The lowest BCUT2D eigenvalue weighted by atomic mass is 10.3. The van der Waals surface area contributed by atoms with Crippen molar-refractivity contribution in [1.29, 1.82) is 0 Å². The molecule has 0 aliphatic carbocycles. The molecule has 3 aromatic heterocycles. The first-order chi connectivity index (χ1) is 12.9. The molecule has 0 unspecified atom stereocenters. The average Bonchev–Trinajstić information content (AvgIpc) is 3.35. The zero-order valence-corrected chi connectivity index (χ0v) is 15.1. The molecule has 1 N–H and O–H groups in total. The molecule has 10 nitrogen and oxygen atoms in total. The fourth-order valence-electron chi connectivity index (χ4n) is 3.12. The minimum absolute atomic E-state index is 0.0102. The molecule has 0 aromatic carbocycles. The van der Waals surface area contributed by atoms with Gasteiger partial charge in [0.2, 0.25) is 5.91 Å². The Kier molecular flexibility index (Phi) is 4.30. The van der Waals surface area contributed by atoms with E-state index in [4.69, 9.17) is 4.42 Å². The van der Waals surface area contributed by atoms with Gasteiger partial charge < -0.3 is 9.73 Å². The fourth-order valence-corrected chi connectivity index (χ4v) is 4.82. The summed E-state index contributed by atoms with van der Waals surface area (Å²) in [5, 5.41) is 7.07. The van der Waals surface area contributed by atoms with Crippen LogP contribution in [0.1, 0.15) is 18.2 Å². The maximum Gasteiger partial charge on any atom is 0.264 e. The van der Waals surface area contributed by atoms with Gasteiger partial charge in [-0.1, -0.05) is 0 Å². The summed E-state index contributed by atoms with van der Waals surface area (Å²) in [4.78, 5) is 28.9. The SMILES string of the molecule is O=C(Cn1cnc2c(cnn2[C@H]2CCS(=O)(=O)C2)c1=O)NCc1ccco1. The zero-order valence-electron chi connectivity index (χ0n) is 14.2. The van der Waals surface area contributed by atoms with Crippen molar-refractivity contribution in [2.45, 2.75) is 25.6 Å². The Labute approximate surface area is 153 Å². The van der Waals surface area contributed by atoms with Crippen molar-refractivity contribution in [1.82, 2.24) is 24.6 Å². The second-order valence-corrected chi connectivity index (χ2v) is 8.65. The molecule has 1 fully saturated rings. The van der Waals surface area contributed by atoms with Gasteiger partial charge in [-0.05, 0) is 18.6 Å². The number of amides is 1. The van der Waals surface area contributed by atoms with Gasteiger partial charge >= 0.3 is 0 Å². The second-order valence-electron chi connectivity index (χ2n) is 6.42. The van der Waals surface area contributed by atoms with Crippen molar-refractivity contribution in [2.24, 2.45) is 0 Å². The number of nitrogens with zero attached hydrogens (tertiary/aromatic N) is 4. The molecule has 0 bridgehead atoms. The summed E-state index contributed by atoms with van der Waals surface area (Å²) in [5.74, 6) is 0.344. The molecule has 1 saturated heterocycles. The van der Waals surface area contributed by atoms with E-state index in [9.17, 15) is 18.0 Å². The van der Waals surface area contributed by atoms with Crippen LogP contribution < -0.4 is 10.9 Å². The third-order valence-corrected chi connectivity index (χ3v) is 6.24. The van der Waals surface area contributed by atoms with E-state index >= 15 is 0 Å².